The second kappa shape index (κ2) is 6.53. The summed E-state index contributed by atoms with van der Waals surface area (Å²) in [6, 6.07) is 5.25. The van der Waals surface area contributed by atoms with Gasteiger partial charge in [0.1, 0.15) is 6.04 Å². The zero-order valence-corrected chi connectivity index (χ0v) is 10.4. The maximum absolute atomic E-state index is 11.8. The van der Waals surface area contributed by atoms with Crippen molar-refractivity contribution in [3.63, 3.8) is 0 Å². The number of benzene rings is 1. The molecule has 0 aliphatic heterocycles. The van der Waals surface area contributed by atoms with Crippen LogP contribution >= 0.6 is 0 Å². The van der Waals surface area contributed by atoms with Crippen LogP contribution in [0.1, 0.15) is 29.3 Å². The summed E-state index contributed by atoms with van der Waals surface area (Å²) in [5.74, 6) is -3.26. The van der Waals surface area contributed by atoms with E-state index in [0.717, 1.165) is 12.0 Å². The first-order valence-corrected chi connectivity index (χ1v) is 5.78. The van der Waals surface area contributed by atoms with E-state index in [4.69, 9.17) is 10.2 Å². The SMILES string of the molecule is CCc1ccc(C(=O)N[C@@H](CC(=O)O)C(=O)O)cc1. The van der Waals surface area contributed by atoms with Crippen molar-refractivity contribution in [3.05, 3.63) is 35.4 Å². The minimum Gasteiger partial charge on any atom is -0.481 e. The van der Waals surface area contributed by atoms with Gasteiger partial charge < -0.3 is 15.5 Å². The highest BCUT2D eigenvalue weighted by atomic mass is 16.4. The van der Waals surface area contributed by atoms with E-state index in [1.807, 2.05) is 6.92 Å². The molecule has 102 valence electrons. The number of aliphatic carboxylic acids is 2. The highest BCUT2D eigenvalue weighted by molar-refractivity contribution is 5.97. The maximum Gasteiger partial charge on any atom is 0.326 e. The van der Waals surface area contributed by atoms with Crippen molar-refractivity contribution in [1.82, 2.24) is 5.32 Å². The van der Waals surface area contributed by atoms with Crippen molar-refractivity contribution in [2.45, 2.75) is 25.8 Å². The van der Waals surface area contributed by atoms with Gasteiger partial charge in [0, 0.05) is 5.56 Å². The number of aryl methyl sites for hydroxylation is 1. The van der Waals surface area contributed by atoms with E-state index in [1.165, 1.54) is 0 Å². The number of carbonyl (C=O) groups excluding carboxylic acids is 1. The van der Waals surface area contributed by atoms with E-state index in [0.29, 0.717) is 5.56 Å². The molecule has 0 saturated carbocycles. The summed E-state index contributed by atoms with van der Waals surface area (Å²) in [6.45, 7) is 1.97. The van der Waals surface area contributed by atoms with Gasteiger partial charge in [0.15, 0.2) is 0 Å². The third-order valence-corrected chi connectivity index (χ3v) is 2.61. The Morgan fingerprint density at radius 3 is 2.16 bits per heavy atom. The number of nitrogens with one attached hydrogen (secondary N) is 1. The second-order valence-electron chi connectivity index (χ2n) is 4.01. The smallest absolute Gasteiger partial charge is 0.326 e. The van der Waals surface area contributed by atoms with Crippen LogP contribution in [0.2, 0.25) is 0 Å². The molecule has 1 aromatic rings. The van der Waals surface area contributed by atoms with E-state index >= 15 is 0 Å². The summed E-state index contributed by atoms with van der Waals surface area (Å²) in [5.41, 5.74) is 1.35. The molecular weight excluding hydrogens is 250 g/mol. The summed E-state index contributed by atoms with van der Waals surface area (Å²) in [4.78, 5) is 33.1. The number of hydrogen-bond donors (Lipinski definition) is 3. The molecule has 0 fully saturated rings. The highest BCUT2D eigenvalue weighted by Crippen LogP contribution is 2.06. The Labute approximate surface area is 110 Å². The van der Waals surface area contributed by atoms with Crippen LogP contribution in [0.25, 0.3) is 0 Å². The first kappa shape index (κ1) is 14.7. The molecule has 0 saturated heterocycles. The summed E-state index contributed by atoms with van der Waals surface area (Å²) in [7, 11) is 0. The van der Waals surface area contributed by atoms with Crippen LogP contribution in [-0.4, -0.2) is 34.1 Å². The molecule has 0 aliphatic rings. The topological polar surface area (TPSA) is 104 Å². The molecule has 0 heterocycles. The van der Waals surface area contributed by atoms with Gasteiger partial charge in [-0.05, 0) is 24.1 Å². The quantitative estimate of drug-likeness (QED) is 0.709. The molecular formula is C13H15NO5. The van der Waals surface area contributed by atoms with Crippen molar-refractivity contribution in [2.75, 3.05) is 0 Å². The molecule has 0 bridgehead atoms. The molecule has 3 N–H and O–H groups in total. The van der Waals surface area contributed by atoms with Crippen molar-refractivity contribution >= 4 is 17.8 Å². The normalized spacial score (nSPS) is 11.6. The van der Waals surface area contributed by atoms with Gasteiger partial charge in [-0.25, -0.2) is 4.79 Å². The minimum absolute atomic E-state index is 0.300. The van der Waals surface area contributed by atoms with Crippen LogP contribution in [0.5, 0.6) is 0 Å². The van der Waals surface area contributed by atoms with E-state index in [9.17, 15) is 14.4 Å². The molecule has 6 nitrogen and oxygen atoms in total. The molecule has 1 rings (SSSR count). The first-order valence-electron chi connectivity index (χ1n) is 5.78. The lowest BCUT2D eigenvalue weighted by molar-refractivity contribution is -0.145. The lowest BCUT2D eigenvalue weighted by Gasteiger charge is -2.12. The standard InChI is InChI=1S/C13H15NO5/c1-2-8-3-5-9(6-4-8)12(17)14-10(13(18)19)7-11(15)16/h3-6,10H,2,7H2,1H3,(H,14,17)(H,15,16)(H,18,19)/t10-/m0/s1. The lowest BCUT2D eigenvalue weighted by atomic mass is 10.1. The van der Waals surface area contributed by atoms with E-state index < -0.39 is 30.3 Å². The summed E-state index contributed by atoms with van der Waals surface area (Å²) in [6.07, 6.45) is 0.173. The predicted molar refractivity (Wildman–Crippen MR) is 67.0 cm³/mol. The first-order chi connectivity index (χ1) is 8.93. The maximum atomic E-state index is 11.8. The fraction of sp³-hybridized carbons (Fsp3) is 0.308. The van der Waals surface area contributed by atoms with Gasteiger partial charge in [0.25, 0.3) is 5.91 Å². The third-order valence-electron chi connectivity index (χ3n) is 2.61. The summed E-state index contributed by atoms with van der Waals surface area (Å²) < 4.78 is 0. The van der Waals surface area contributed by atoms with Crippen LogP contribution < -0.4 is 5.32 Å². The Hall–Kier alpha value is -2.37. The van der Waals surface area contributed by atoms with Gasteiger partial charge in [-0.2, -0.15) is 0 Å². The second-order valence-corrected chi connectivity index (χ2v) is 4.01. The number of carbonyl (C=O) groups is 3. The Morgan fingerprint density at radius 1 is 1.16 bits per heavy atom. The Kier molecular flexibility index (Phi) is 5.05. The fourth-order valence-corrected chi connectivity index (χ4v) is 1.51. The van der Waals surface area contributed by atoms with Gasteiger partial charge in [0.2, 0.25) is 0 Å². The zero-order chi connectivity index (χ0) is 14.4. The van der Waals surface area contributed by atoms with Crippen LogP contribution in [0.15, 0.2) is 24.3 Å². The lowest BCUT2D eigenvalue weighted by Crippen LogP contribution is -2.42. The average molecular weight is 265 g/mol. The van der Waals surface area contributed by atoms with Gasteiger partial charge in [-0.3, -0.25) is 9.59 Å². The molecule has 0 aromatic heterocycles. The van der Waals surface area contributed by atoms with Crippen molar-refractivity contribution in [2.24, 2.45) is 0 Å². The monoisotopic (exact) mass is 265 g/mol. The summed E-state index contributed by atoms with van der Waals surface area (Å²) >= 11 is 0. The number of carboxylic acids is 2. The van der Waals surface area contributed by atoms with E-state index in [2.05, 4.69) is 5.32 Å². The van der Waals surface area contributed by atoms with Gasteiger partial charge in [0.05, 0.1) is 6.42 Å². The Bertz CT molecular complexity index is 480. The fourth-order valence-electron chi connectivity index (χ4n) is 1.51. The Balaban J connectivity index is 2.75. The zero-order valence-electron chi connectivity index (χ0n) is 10.4. The molecule has 6 heteroatoms. The average Bonchev–Trinajstić information content (AvgIpc) is 2.37. The Morgan fingerprint density at radius 2 is 1.74 bits per heavy atom. The molecule has 0 unspecified atom stereocenters. The minimum atomic E-state index is -1.43. The highest BCUT2D eigenvalue weighted by Gasteiger charge is 2.23. The van der Waals surface area contributed by atoms with Crippen molar-refractivity contribution in [1.29, 1.82) is 0 Å². The van der Waals surface area contributed by atoms with Crippen molar-refractivity contribution in [3.8, 4) is 0 Å². The number of rotatable bonds is 6. The van der Waals surface area contributed by atoms with Crippen LogP contribution in [0, 0.1) is 0 Å². The number of hydrogen-bond acceptors (Lipinski definition) is 3. The largest absolute Gasteiger partial charge is 0.481 e. The molecule has 0 spiro atoms. The molecule has 1 atom stereocenters. The van der Waals surface area contributed by atoms with Gasteiger partial charge in [-0.15, -0.1) is 0 Å². The van der Waals surface area contributed by atoms with E-state index in [-0.39, 0.29) is 0 Å². The molecule has 19 heavy (non-hydrogen) atoms. The van der Waals surface area contributed by atoms with Gasteiger partial charge in [-0.1, -0.05) is 19.1 Å². The number of carboxylic acid groups (broad SMARTS) is 2. The third kappa shape index (κ3) is 4.42. The summed E-state index contributed by atoms with van der Waals surface area (Å²) in [5, 5.41) is 19.6. The van der Waals surface area contributed by atoms with Crippen LogP contribution in [-0.2, 0) is 16.0 Å². The molecule has 0 aliphatic carbocycles. The molecule has 1 aromatic carbocycles. The number of amides is 1. The van der Waals surface area contributed by atoms with Crippen molar-refractivity contribution < 1.29 is 24.6 Å². The van der Waals surface area contributed by atoms with Crippen LogP contribution in [0.4, 0.5) is 0 Å². The van der Waals surface area contributed by atoms with Crippen LogP contribution in [0.3, 0.4) is 0 Å². The molecule has 0 radical (unpaired) electrons. The van der Waals surface area contributed by atoms with E-state index in [1.54, 1.807) is 24.3 Å². The molecule has 1 amide bonds. The predicted octanol–water partition coefficient (Wildman–Crippen LogP) is 0.907. The van der Waals surface area contributed by atoms with Gasteiger partial charge >= 0.3 is 11.9 Å².